The largest absolute Gasteiger partial charge is 0.707 e. The number of aldehydes is 2. The molecule has 0 fully saturated rings. The molecule has 0 unspecified atom stereocenters. The normalized spacial score (nSPS) is 9.29. The minimum absolute atomic E-state index is 0.0479. The molecule has 0 saturated carbocycles. The predicted molar refractivity (Wildman–Crippen MR) is 48.0 cm³/mol. The molecule has 0 radical (unpaired) electrons. The fourth-order valence-electron chi connectivity index (χ4n) is 0.972. The van der Waals surface area contributed by atoms with Gasteiger partial charge < -0.3 is 14.7 Å². The van der Waals surface area contributed by atoms with Crippen LogP contribution in [-0.4, -0.2) is 29.9 Å². The van der Waals surface area contributed by atoms with E-state index in [4.69, 9.17) is 10.0 Å². The first-order valence-electron chi connectivity index (χ1n) is 3.74. The van der Waals surface area contributed by atoms with Crippen molar-refractivity contribution in [1.82, 2.24) is 0 Å². The summed E-state index contributed by atoms with van der Waals surface area (Å²) in [4.78, 5) is 20.8. The monoisotopic (exact) mass is 194 g/mol. The Kier molecular flexibility index (Phi) is 3.38. The van der Waals surface area contributed by atoms with Gasteiger partial charge in [-0.25, -0.2) is 0 Å². The lowest BCUT2D eigenvalue weighted by Gasteiger charge is -2.05. The maximum Gasteiger partial charge on any atom is 0.707 e. The highest BCUT2D eigenvalue weighted by molar-refractivity contribution is 6.33. The molecule has 0 atom stereocenters. The van der Waals surface area contributed by atoms with Crippen LogP contribution in [0.3, 0.4) is 0 Å². The maximum atomic E-state index is 10.4. The van der Waals surface area contributed by atoms with Gasteiger partial charge in [-0.1, -0.05) is 0 Å². The second-order valence-electron chi connectivity index (χ2n) is 2.52. The minimum Gasteiger partial charge on any atom is -0.512 e. The van der Waals surface area contributed by atoms with Gasteiger partial charge in [0.15, 0.2) is 0 Å². The van der Waals surface area contributed by atoms with Gasteiger partial charge in [-0.05, 0) is 18.2 Å². The third kappa shape index (κ3) is 2.68. The van der Waals surface area contributed by atoms with Crippen molar-refractivity contribution in [3.63, 3.8) is 0 Å². The van der Waals surface area contributed by atoms with Gasteiger partial charge in [0.05, 0.1) is 0 Å². The molecule has 5 nitrogen and oxygen atoms in total. The maximum absolute atomic E-state index is 10.4. The molecular weight excluding hydrogens is 187 g/mol. The fraction of sp³-hybridized carbons (Fsp3) is 0. The van der Waals surface area contributed by atoms with Crippen molar-refractivity contribution in [2.24, 2.45) is 0 Å². The molecule has 0 spiro atoms. The summed E-state index contributed by atoms with van der Waals surface area (Å²) < 4.78 is 4.49. The molecule has 0 heterocycles. The van der Waals surface area contributed by atoms with E-state index >= 15 is 0 Å². The van der Waals surface area contributed by atoms with Gasteiger partial charge in [0, 0.05) is 11.1 Å². The van der Waals surface area contributed by atoms with E-state index in [2.05, 4.69) is 4.65 Å². The molecule has 14 heavy (non-hydrogen) atoms. The van der Waals surface area contributed by atoms with Gasteiger partial charge in [0.2, 0.25) is 0 Å². The molecule has 0 amide bonds. The SMILES string of the molecule is O=Cc1cc(C=O)cc(OB(O)O)c1. The van der Waals surface area contributed by atoms with Crippen molar-refractivity contribution >= 4 is 19.9 Å². The van der Waals surface area contributed by atoms with Crippen LogP contribution in [0.4, 0.5) is 0 Å². The lowest BCUT2D eigenvalue weighted by atomic mass is 10.1. The van der Waals surface area contributed by atoms with E-state index in [1.54, 1.807) is 0 Å². The molecule has 1 rings (SSSR count). The zero-order valence-corrected chi connectivity index (χ0v) is 7.08. The van der Waals surface area contributed by atoms with Gasteiger partial charge >= 0.3 is 7.32 Å². The molecule has 6 heteroatoms. The second kappa shape index (κ2) is 4.54. The van der Waals surface area contributed by atoms with Crippen LogP contribution >= 0.6 is 0 Å². The van der Waals surface area contributed by atoms with Crippen molar-refractivity contribution in [2.75, 3.05) is 0 Å². The predicted octanol–water partition coefficient (Wildman–Crippen LogP) is -0.340. The highest BCUT2D eigenvalue weighted by atomic mass is 16.6. The fourth-order valence-corrected chi connectivity index (χ4v) is 0.972. The van der Waals surface area contributed by atoms with Gasteiger partial charge in [-0.15, -0.1) is 0 Å². The molecule has 72 valence electrons. The Morgan fingerprint density at radius 1 is 1.07 bits per heavy atom. The summed E-state index contributed by atoms with van der Waals surface area (Å²) in [5.41, 5.74) is 0.454. The summed E-state index contributed by atoms with van der Waals surface area (Å²) in [6.07, 6.45) is 1.06. The van der Waals surface area contributed by atoms with E-state index in [0.29, 0.717) is 12.6 Å². The molecule has 0 saturated heterocycles. The van der Waals surface area contributed by atoms with Crippen molar-refractivity contribution in [3.8, 4) is 5.75 Å². The Morgan fingerprint density at radius 3 is 1.93 bits per heavy atom. The van der Waals surface area contributed by atoms with Gasteiger partial charge in [-0.3, -0.25) is 9.59 Å². The first-order valence-corrected chi connectivity index (χ1v) is 3.74. The van der Waals surface area contributed by atoms with Crippen LogP contribution in [0.1, 0.15) is 20.7 Å². The van der Waals surface area contributed by atoms with E-state index < -0.39 is 7.32 Å². The van der Waals surface area contributed by atoms with Crippen molar-refractivity contribution in [2.45, 2.75) is 0 Å². The van der Waals surface area contributed by atoms with Crippen LogP contribution in [0.2, 0.25) is 0 Å². The molecular formula is C8H7BO5. The Labute approximate surface area is 80.1 Å². The lowest BCUT2D eigenvalue weighted by molar-refractivity contribution is 0.112. The molecule has 1 aromatic carbocycles. The number of rotatable bonds is 4. The van der Waals surface area contributed by atoms with E-state index in [1.807, 2.05) is 0 Å². The van der Waals surface area contributed by atoms with Gasteiger partial charge in [-0.2, -0.15) is 0 Å². The molecule has 2 N–H and O–H groups in total. The average molecular weight is 194 g/mol. The summed E-state index contributed by atoms with van der Waals surface area (Å²) in [6.45, 7) is 0. The Balaban J connectivity index is 3.03. The zero-order valence-electron chi connectivity index (χ0n) is 7.08. The Morgan fingerprint density at radius 2 is 1.57 bits per heavy atom. The number of carbonyl (C=O) groups is 2. The summed E-state index contributed by atoms with van der Waals surface area (Å²) in [6, 6.07) is 3.94. The van der Waals surface area contributed by atoms with E-state index in [9.17, 15) is 9.59 Å². The smallest absolute Gasteiger partial charge is 0.512 e. The number of hydrogen-bond acceptors (Lipinski definition) is 5. The average Bonchev–Trinajstić information content (AvgIpc) is 2.16. The molecule has 0 aliphatic heterocycles. The van der Waals surface area contributed by atoms with Crippen LogP contribution < -0.4 is 4.65 Å². The van der Waals surface area contributed by atoms with E-state index in [0.717, 1.165) is 0 Å². The highest BCUT2D eigenvalue weighted by Gasteiger charge is 2.12. The minimum atomic E-state index is -1.98. The lowest BCUT2D eigenvalue weighted by Crippen LogP contribution is -2.20. The number of carbonyl (C=O) groups excluding carboxylic acids is 2. The summed E-state index contributed by atoms with van der Waals surface area (Å²) in [5, 5.41) is 17.0. The van der Waals surface area contributed by atoms with Gasteiger partial charge in [0.25, 0.3) is 0 Å². The van der Waals surface area contributed by atoms with Crippen molar-refractivity contribution in [3.05, 3.63) is 29.3 Å². The first kappa shape index (κ1) is 10.4. The van der Waals surface area contributed by atoms with Crippen molar-refractivity contribution in [1.29, 1.82) is 0 Å². The quantitative estimate of drug-likeness (QED) is 0.505. The molecule has 0 aromatic heterocycles. The third-order valence-electron chi connectivity index (χ3n) is 1.46. The Bertz CT molecular complexity index is 323. The topological polar surface area (TPSA) is 83.8 Å². The number of hydrogen-bond donors (Lipinski definition) is 2. The van der Waals surface area contributed by atoms with Gasteiger partial charge in [0.1, 0.15) is 18.3 Å². The zero-order chi connectivity index (χ0) is 10.6. The van der Waals surface area contributed by atoms with E-state index in [1.165, 1.54) is 18.2 Å². The second-order valence-corrected chi connectivity index (χ2v) is 2.52. The molecule has 1 aromatic rings. The van der Waals surface area contributed by atoms with E-state index in [-0.39, 0.29) is 16.9 Å². The van der Waals surface area contributed by atoms with Crippen molar-refractivity contribution < 1.29 is 24.3 Å². The summed E-state index contributed by atoms with van der Waals surface area (Å²) >= 11 is 0. The standard InChI is InChI=1S/C8H7BO5/c10-4-6-1-7(5-11)3-8(2-6)14-9(12)13/h1-5,12-13H. The van der Waals surface area contributed by atoms with Crippen LogP contribution in [0, 0.1) is 0 Å². The highest BCUT2D eigenvalue weighted by Crippen LogP contribution is 2.15. The first-order chi connectivity index (χ1) is 6.65. The Hall–Kier alpha value is -1.66. The molecule has 0 bridgehead atoms. The van der Waals surface area contributed by atoms with Crippen LogP contribution in [0.15, 0.2) is 18.2 Å². The molecule has 0 aliphatic rings. The summed E-state index contributed by atoms with van der Waals surface area (Å²) in [5.74, 6) is 0.0479. The van der Waals surface area contributed by atoms with Crippen LogP contribution in [0.5, 0.6) is 5.75 Å². The van der Waals surface area contributed by atoms with Crippen LogP contribution in [0.25, 0.3) is 0 Å². The summed E-state index contributed by atoms with van der Waals surface area (Å²) in [7, 11) is -1.98. The third-order valence-corrected chi connectivity index (χ3v) is 1.46. The van der Waals surface area contributed by atoms with Crippen LogP contribution in [-0.2, 0) is 0 Å². The number of benzene rings is 1. The molecule has 0 aliphatic carbocycles.